The Bertz CT molecular complexity index is 573. The van der Waals surface area contributed by atoms with Gasteiger partial charge in [0.2, 0.25) is 0 Å². The van der Waals surface area contributed by atoms with Gasteiger partial charge in [-0.05, 0) is 64.3 Å². The summed E-state index contributed by atoms with van der Waals surface area (Å²) < 4.78 is 6.02. The first-order valence-corrected chi connectivity index (χ1v) is 6.52. The Hall–Kier alpha value is -1.28. The molecule has 0 spiro atoms. The monoisotopic (exact) mass is 245 g/mol. The van der Waals surface area contributed by atoms with E-state index in [1.807, 2.05) is 0 Å². The zero-order chi connectivity index (χ0) is 13.5. The lowest BCUT2D eigenvalue weighted by atomic mass is 10.1. The fraction of sp³-hybridized carbons (Fsp3) is 0.500. The second-order valence-electron chi connectivity index (χ2n) is 6.21. The average molecular weight is 245 g/mol. The van der Waals surface area contributed by atoms with Gasteiger partial charge in [0.05, 0.1) is 6.54 Å². The van der Waals surface area contributed by atoms with Gasteiger partial charge in [0, 0.05) is 10.9 Å². The van der Waals surface area contributed by atoms with Crippen LogP contribution in [0, 0.1) is 20.8 Å². The molecule has 18 heavy (non-hydrogen) atoms. The molecular weight excluding hydrogens is 222 g/mol. The Morgan fingerprint density at radius 1 is 1.11 bits per heavy atom. The lowest BCUT2D eigenvalue weighted by molar-refractivity contribution is 0.394. The van der Waals surface area contributed by atoms with E-state index in [0.29, 0.717) is 0 Å². The molecule has 1 N–H and O–H groups in total. The predicted molar refractivity (Wildman–Crippen MR) is 77.0 cm³/mol. The van der Waals surface area contributed by atoms with Crippen LogP contribution < -0.4 is 5.32 Å². The van der Waals surface area contributed by atoms with Crippen molar-refractivity contribution in [3.63, 3.8) is 0 Å². The molecule has 1 heterocycles. The van der Waals surface area contributed by atoms with Gasteiger partial charge < -0.3 is 9.73 Å². The van der Waals surface area contributed by atoms with Crippen molar-refractivity contribution >= 4 is 11.0 Å². The van der Waals surface area contributed by atoms with E-state index in [9.17, 15) is 0 Å². The zero-order valence-electron chi connectivity index (χ0n) is 12.3. The van der Waals surface area contributed by atoms with Crippen molar-refractivity contribution in [1.82, 2.24) is 5.32 Å². The lowest BCUT2D eigenvalue weighted by Crippen LogP contribution is -2.35. The van der Waals surface area contributed by atoms with Gasteiger partial charge in [0.1, 0.15) is 11.3 Å². The highest BCUT2D eigenvalue weighted by atomic mass is 16.3. The fourth-order valence-electron chi connectivity index (χ4n) is 2.23. The predicted octanol–water partition coefficient (Wildman–Crippen LogP) is 4.25. The SMILES string of the molecule is Cc1cc(C)c2oc(CNC(C)(C)C)c(C)c2c1. The molecule has 2 rings (SSSR count). The Balaban J connectivity index is 2.41. The average Bonchev–Trinajstić information content (AvgIpc) is 2.53. The highest BCUT2D eigenvalue weighted by molar-refractivity contribution is 5.85. The maximum absolute atomic E-state index is 6.02. The normalized spacial score (nSPS) is 12.3. The molecule has 0 aliphatic rings. The maximum Gasteiger partial charge on any atom is 0.137 e. The molecule has 98 valence electrons. The first kappa shape index (κ1) is 13.2. The van der Waals surface area contributed by atoms with E-state index in [1.54, 1.807) is 0 Å². The number of hydrogen-bond acceptors (Lipinski definition) is 2. The molecule has 0 saturated heterocycles. The van der Waals surface area contributed by atoms with E-state index in [0.717, 1.165) is 17.9 Å². The molecule has 2 aromatic rings. The third-order valence-electron chi connectivity index (χ3n) is 3.25. The van der Waals surface area contributed by atoms with Gasteiger partial charge in [-0.3, -0.25) is 0 Å². The first-order chi connectivity index (χ1) is 8.28. The fourth-order valence-corrected chi connectivity index (χ4v) is 2.23. The number of benzene rings is 1. The third-order valence-corrected chi connectivity index (χ3v) is 3.25. The third kappa shape index (κ3) is 2.59. The summed E-state index contributed by atoms with van der Waals surface area (Å²) in [5, 5.41) is 4.73. The summed E-state index contributed by atoms with van der Waals surface area (Å²) in [4.78, 5) is 0. The van der Waals surface area contributed by atoms with Crippen LogP contribution in [0.1, 0.15) is 43.2 Å². The number of aryl methyl sites for hydroxylation is 3. The Morgan fingerprint density at radius 2 is 1.78 bits per heavy atom. The molecule has 0 aliphatic carbocycles. The van der Waals surface area contributed by atoms with Crippen LogP contribution in [0.5, 0.6) is 0 Å². The van der Waals surface area contributed by atoms with Gasteiger partial charge in [-0.15, -0.1) is 0 Å². The molecule has 1 aromatic heterocycles. The van der Waals surface area contributed by atoms with Crippen LogP contribution in [0.3, 0.4) is 0 Å². The largest absolute Gasteiger partial charge is 0.459 e. The van der Waals surface area contributed by atoms with E-state index in [4.69, 9.17) is 4.42 Å². The molecule has 0 saturated carbocycles. The van der Waals surface area contributed by atoms with Crippen molar-refractivity contribution in [2.24, 2.45) is 0 Å². The van der Waals surface area contributed by atoms with E-state index in [-0.39, 0.29) is 5.54 Å². The minimum Gasteiger partial charge on any atom is -0.459 e. The minimum atomic E-state index is 0.108. The van der Waals surface area contributed by atoms with Crippen LogP contribution in [0.4, 0.5) is 0 Å². The van der Waals surface area contributed by atoms with Crippen molar-refractivity contribution in [2.75, 3.05) is 0 Å². The van der Waals surface area contributed by atoms with Gasteiger partial charge in [0.15, 0.2) is 0 Å². The highest BCUT2D eigenvalue weighted by Crippen LogP contribution is 2.29. The van der Waals surface area contributed by atoms with Crippen LogP contribution >= 0.6 is 0 Å². The van der Waals surface area contributed by atoms with Gasteiger partial charge >= 0.3 is 0 Å². The summed E-state index contributed by atoms with van der Waals surface area (Å²) >= 11 is 0. The summed E-state index contributed by atoms with van der Waals surface area (Å²) in [6, 6.07) is 4.38. The summed E-state index contributed by atoms with van der Waals surface area (Å²) in [5.74, 6) is 1.05. The van der Waals surface area contributed by atoms with Gasteiger partial charge in [-0.1, -0.05) is 6.07 Å². The number of nitrogens with one attached hydrogen (secondary N) is 1. The lowest BCUT2D eigenvalue weighted by Gasteiger charge is -2.19. The molecule has 1 aromatic carbocycles. The van der Waals surface area contributed by atoms with E-state index in [1.165, 1.54) is 22.1 Å². The minimum absolute atomic E-state index is 0.108. The molecule has 0 unspecified atom stereocenters. The van der Waals surface area contributed by atoms with Crippen molar-refractivity contribution in [2.45, 2.75) is 53.6 Å². The van der Waals surface area contributed by atoms with Crippen LogP contribution in [0.2, 0.25) is 0 Å². The summed E-state index contributed by atoms with van der Waals surface area (Å²) in [7, 11) is 0. The topological polar surface area (TPSA) is 25.2 Å². The van der Waals surface area contributed by atoms with Crippen LogP contribution in [-0.4, -0.2) is 5.54 Å². The second kappa shape index (κ2) is 4.43. The number of hydrogen-bond donors (Lipinski definition) is 1. The summed E-state index contributed by atoms with van der Waals surface area (Å²) in [6.07, 6.45) is 0. The van der Waals surface area contributed by atoms with Crippen LogP contribution in [0.15, 0.2) is 16.5 Å². The summed E-state index contributed by atoms with van der Waals surface area (Å²) in [6.45, 7) is 13.7. The molecular formula is C16H23NO. The van der Waals surface area contributed by atoms with Gasteiger partial charge in [0.25, 0.3) is 0 Å². The van der Waals surface area contributed by atoms with Gasteiger partial charge in [-0.2, -0.15) is 0 Å². The Labute approximate surface area is 109 Å². The summed E-state index contributed by atoms with van der Waals surface area (Å²) in [5.41, 5.74) is 4.91. The van der Waals surface area contributed by atoms with E-state index < -0.39 is 0 Å². The zero-order valence-corrected chi connectivity index (χ0v) is 12.3. The molecule has 2 nitrogen and oxygen atoms in total. The molecule has 0 atom stereocenters. The Kier molecular flexibility index (Phi) is 3.24. The molecule has 0 aliphatic heterocycles. The van der Waals surface area contributed by atoms with Crippen molar-refractivity contribution < 1.29 is 4.42 Å². The van der Waals surface area contributed by atoms with Crippen molar-refractivity contribution in [1.29, 1.82) is 0 Å². The highest BCUT2D eigenvalue weighted by Gasteiger charge is 2.15. The van der Waals surface area contributed by atoms with Crippen LogP contribution in [0.25, 0.3) is 11.0 Å². The van der Waals surface area contributed by atoms with Crippen molar-refractivity contribution in [3.05, 3.63) is 34.6 Å². The molecule has 2 heteroatoms. The maximum atomic E-state index is 6.02. The van der Waals surface area contributed by atoms with Crippen molar-refractivity contribution in [3.8, 4) is 0 Å². The molecule has 0 radical (unpaired) electrons. The standard InChI is InChI=1S/C16H23NO/c1-10-7-11(2)15-13(8-10)12(3)14(18-15)9-17-16(4,5)6/h7-8,17H,9H2,1-6H3. The van der Waals surface area contributed by atoms with E-state index >= 15 is 0 Å². The molecule has 0 amide bonds. The first-order valence-electron chi connectivity index (χ1n) is 6.52. The molecule has 0 fully saturated rings. The van der Waals surface area contributed by atoms with Gasteiger partial charge in [-0.25, -0.2) is 0 Å². The second-order valence-corrected chi connectivity index (χ2v) is 6.21. The number of furan rings is 1. The Morgan fingerprint density at radius 3 is 2.39 bits per heavy atom. The van der Waals surface area contributed by atoms with E-state index in [2.05, 4.69) is 59.0 Å². The molecule has 0 bridgehead atoms. The van der Waals surface area contributed by atoms with Crippen LogP contribution in [-0.2, 0) is 6.54 Å². The number of rotatable bonds is 2. The number of fused-ring (bicyclic) bond motifs is 1. The smallest absolute Gasteiger partial charge is 0.137 e. The quantitative estimate of drug-likeness (QED) is 0.855.